The quantitative estimate of drug-likeness (QED) is 0.583. The van der Waals surface area contributed by atoms with E-state index in [0.717, 1.165) is 30.2 Å². The van der Waals surface area contributed by atoms with E-state index in [-0.39, 0.29) is 0 Å². The first-order valence-corrected chi connectivity index (χ1v) is 7.70. The minimum Gasteiger partial charge on any atom is -0.316 e. The third-order valence-corrected chi connectivity index (χ3v) is 3.61. The van der Waals surface area contributed by atoms with Crippen molar-refractivity contribution in [2.45, 2.75) is 67.2 Å². The first-order valence-electron chi connectivity index (χ1n) is 7.70. The van der Waals surface area contributed by atoms with Crippen LogP contribution in [0.25, 0.3) is 0 Å². The zero-order valence-electron chi connectivity index (χ0n) is 13.1. The van der Waals surface area contributed by atoms with Crippen LogP contribution in [0.5, 0.6) is 0 Å². The summed E-state index contributed by atoms with van der Waals surface area (Å²) >= 11 is 0. The maximum absolute atomic E-state index is 3.64. The Morgan fingerprint density at radius 1 is 0.706 bits per heavy atom. The van der Waals surface area contributed by atoms with Crippen molar-refractivity contribution in [3.63, 3.8) is 0 Å². The standard InChI is InChI=1S/C16H35N/c1-7-15(8-2)10-16(9-13(3)4)12-17-11-14(5)6/h13-17H,7-12H2,1-6H3. The smallest absolute Gasteiger partial charge is 0.00202 e. The molecule has 17 heavy (non-hydrogen) atoms. The summed E-state index contributed by atoms with van der Waals surface area (Å²) < 4.78 is 0. The van der Waals surface area contributed by atoms with E-state index >= 15 is 0 Å². The largest absolute Gasteiger partial charge is 0.316 e. The topological polar surface area (TPSA) is 12.0 Å². The highest BCUT2D eigenvalue weighted by Gasteiger charge is 2.15. The summed E-state index contributed by atoms with van der Waals surface area (Å²) in [6, 6.07) is 0. The average Bonchev–Trinajstić information content (AvgIpc) is 2.24. The van der Waals surface area contributed by atoms with Gasteiger partial charge in [0.25, 0.3) is 0 Å². The van der Waals surface area contributed by atoms with Crippen LogP contribution in [0.15, 0.2) is 0 Å². The van der Waals surface area contributed by atoms with Crippen molar-refractivity contribution in [2.75, 3.05) is 13.1 Å². The fourth-order valence-corrected chi connectivity index (χ4v) is 2.60. The summed E-state index contributed by atoms with van der Waals surface area (Å²) in [4.78, 5) is 0. The minimum atomic E-state index is 0.767. The molecule has 0 aromatic heterocycles. The molecule has 0 bridgehead atoms. The molecular formula is C16H35N. The van der Waals surface area contributed by atoms with Gasteiger partial charge in [0.2, 0.25) is 0 Å². The fourth-order valence-electron chi connectivity index (χ4n) is 2.60. The van der Waals surface area contributed by atoms with E-state index in [2.05, 4.69) is 46.9 Å². The molecule has 104 valence electrons. The predicted octanol–water partition coefficient (Wildman–Crippen LogP) is 4.72. The van der Waals surface area contributed by atoms with Crippen LogP contribution in [0.4, 0.5) is 0 Å². The summed E-state index contributed by atoms with van der Waals surface area (Å²) in [7, 11) is 0. The van der Waals surface area contributed by atoms with E-state index in [1.807, 2.05) is 0 Å². The number of rotatable bonds is 10. The first-order chi connectivity index (χ1) is 7.99. The van der Waals surface area contributed by atoms with E-state index in [1.165, 1.54) is 32.2 Å². The van der Waals surface area contributed by atoms with E-state index < -0.39 is 0 Å². The maximum atomic E-state index is 3.64. The molecule has 0 aromatic carbocycles. The molecule has 1 nitrogen and oxygen atoms in total. The van der Waals surface area contributed by atoms with Gasteiger partial charge in [-0.25, -0.2) is 0 Å². The van der Waals surface area contributed by atoms with Crippen LogP contribution in [0.2, 0.25) is 0 Å². The molecule has 0 saturated carbocycles. The number of hydrogen-bond acceptors (Lipinski definition) is 1. The van der Waals surface area contributed by atoms with Crippen molar-refractivity contribution in [2.24, 2.45) is 23.7 Å². The van der Waals surface area contributed by atoms with Gasteiger partial charge in [0, 0.05) is 0 Å². The van der Waals surface area contributed by atoms with E-state index in [4.69, 9.17) is 0 Å². The average molecular weight is 241 g/mol. The molecule has 0 rings (SSSR count). The van der Waals surface area contributed by atoms with Crippen molar-refractivity contribution in [1.29, 1.82) is 0 Å². The van der Waals surface area contributed by atoms with Gasteiger partial charge in [-0.15, -0.1) is 0 Å². The van der Waals surface area contributed by atoms with E-state index in [9.17, 15) is 0 Å². The van der Waals surface area contributed by atoms with E-state index in [1.54, 1.807) is 0 Å². The molecule has 1 atom stereocenters. The van der Waals surface area contributed by atoms with Crippen molar-refractivity contribution in [1.82, 2.24) is 5.32 Å². The Morgan fingerprint density at radius 3 is 1.71 bits per heavy atom. The van der Waals surface area contributed by atoms with Crippen LogP contribution in [0.1, 0.15) is 67.2 Å². The van der Waals surface area contributed by atoms with Crippen LogP contribution >= 0.6 is 0 Å². The van der Waals surface area contributed by atoms with Crippen LogP contribution < -0.4 is 5.32 Å². The molecular weight excluding hydrogens is 206 g/mol. The zero-order valence-corrected chi connectivity index (χ0v) is 13.1. The molecule has 0 amide bonds. The Balaban J connectivity index is 4.03. The van der Waals surface area contributed by atoms with Crippen molar-refractivity contribution in [3.8, 4) is 0 Å². The summed E-state index contributed by atoms with van der Waals surface area (Å²) in [5, 5.41) is 3.64. The summed E-state index contributed by atoms with van der Waals surface area (Å²) in [6.07, 6.45) is 5.47. The van der Waals surface area contributed by atoms with Gasteiger partial charge in [0.05, 0.1) is 0 Å². The highest BCUT2D eigenvalue weighted by Crippen LogP contribution is 2.23. The summed E-state index contributed by atoms with van der Waals surface area (Å²) in [6.45, 7) is 16.3. The molecule has 1 heteroatoms. The lowest BCUT2D eigenvalue weighted by molar-refractivity contribution is 0.295. The molecule has 0 heterocycles. The third-order valence-electron chi connectivity index (χ3n) is 3.61. The Bertz CT molecular complexity index is 159. The van der Waals surface area contributed by atoms with Gasteiger partial charge < -0.3 is 5.32 Å². The molecule has 0 radical (unpaired) electrons. The predicted molar refractivity (Wildman–Crippen MR) is 79.3 cm³/mol. The van der Waals surface area contributed by atoms with Gasteiger partial charge in [-0.2, -0.15) is 0 Å². The van der Waals surface area contributed by atoms with Crippen molar-refractivity contribution < 1.29 is 0 Å². The van der Waals surface area contributed by atoms with Gasteiger partial charge in [0.1, 0.15) is 0 Å². The summed E-state index contributed by atoms with van der Waals surface area (Å²) in [5.41, 5.74) is 0. The molecule has 0 fully saturated rings. The number of nitrogens with one attached hydrogen (secondary N) is 1. The minimum absolute atomic E-state index is 0.767. The van der Waals surface area contributed by atoms with E-state index in [0.29, 0.717) is 0 Å². The van der Waals surface area contributed by atoms with Crippen LogP contribution in [0.3, 0.4) is 0 Å². The second-order valence-electron chi connectivity index (χ2n) is 6.47. The van der Waals surface area contributed by atoms with Gasteiger partial charge in [-0.05, 0) is 49.6 Å². The monoisotopic (exact) mass is 241 g/mol. The van der Waals surface area contributed by atoms with Gasteiger partial charge in [-0.1, -0.05) is 54.4 Å². The SMILES string of the molecule is CCC(CC)CC(CNCC(C)C)CC(C)C. The van der Waals surface area contributed by atoms with Gasteiger partial charge in [-0.3, -0.25) is 0 Å². The third kappa shape index (κ3) is 9.64. The molecule has 0 aliphatic rings. The highest BCUT2D eigenvalue weighted by molar-refractivity contribution is 4.69. The normalized spacial score (nSPS) is 13.9. The zero-order chi connectivity index (χ0) is 13.3. The Hall–Kier alpha value is -0.0400. The molecule has 0 spiro atoms. The lowest BCUT2D eigenvalue weighted by Gasteiger charge is -2.24. The molecule has 1 N–H and O–H groups in total. The van der Waals surface area contributed by atoms with Gasteiger partial charge >= 0.3 is 0 Å². The molecule has 0 saturated heterocycles. The lowest BCUT2D eigenvalue weighted by atomic mass is 9.85. The van der Waals surface area contributed by atoms with Gasteiger partial charge in [0.15, 0.2) is 0 Å². The second kappa shape index (κ2) is 9.94. The Kier molecular flexibility index (Phi) is 9.91. The fraction of sp³-hybridized carbons (Fsp3) is 1.00. The second-order valence-corrected chi connectivity index (χ2v) is 6.47. The summed E-state index contributed by atoms with van der Waals surface area (Å²) in [5.74, 6) is 3.40. The van der Waals surface area contributed by atoms with Crippen LogP contribution in [0, 0.1) is 23.7 Å². The number of hydrogen-bond donors (Lipinski definition) is 1. The lowest BCUT2D eigenvalue weighted by Crippen LogP contribution is -2.28. The van der Waals surface area contributed by atoms with Crippen molar-refractivity contribution in [3.05, 3.63) is 0 Å². The molecule has 0 aromatic rings. The highest BCUT2D eigenvalue weighted by atomic mass is 14.9. The first kappa shape index (κ1) is 17.0. The maximum Gasteiger partial charge on any atom is -0.00202 e. The van der Waals surface area contributed by atoms with Crippen molar-refractivity contribution >= 4 is 0 Å². The molecule has 1 unspecified atom stereocenters. The molecule has 0 aliphatic carbocycles. The molecule has 0 aliphatic heterocycles. The Labute approximate surface area is 110 Å². The van der Waals surface area contributed by atoms with Crippen LogP contribution in [-0.4, -0.2) is 13.1 Å². The van der Waals surface area contributed by atoms with Crippen LogP contribution in [-0.2, 0) is 0 Å². The Morgan fingerprint density at radius 2 is 1.29 bits per heavy atom.